The van der Waals surface area contributed by atoms with E-state index >= 15 is 0 Å². The molecule has 2 aromatic rings. The van der Waals surface area contributed by atoms with Crippen molar-refractivity contribution in [3.63, 3.8) is 0 Å². The molecule has 1 heterocycles. The molecule has 0 spiro atoms. The highest BCUT2D eigenvalue weighted by atomic mass is 35.5. The number of halogens is 1. The van der Waals surface area contributed by atoms with Crippen LogP contribution in [0.4, 0.5) is 0 Å². The molecule has 1 aromatic carbocycles. The zero-order chi connectivity index (χ0) is 12.4. The Morgan fingerprint density at radius 2 is 2.24 bits per heavy atom. The highest BCUT2D eigenvalue weighted by Crippen LogP contribution is 2.34. The zero-order valence-electron chi connectivity index (χ0n) is 9.24. The van der Waals surface area contributed by atoms with Gasteiger partial charge in [0.15, 0.2) is 0 Å². The van der Waals surface area contributed by atoms with Crippen molar-refractivity contribution in [1.82, 2.24) is 5.32 Å². The lowest BCUT2D eigenvalue weighted by molar-refractivity contribution is 0.0926. The van der Waals surface area contributed by atoms with E-state index in [4.69, 9.17) is 16.7 Å². The van der Waals surface area contributed by atoms with Crippen molar-refractivity contribution in [3.05, 3.63) is 34.2 Å². The quantitative estimate of drug-likeness (QED) is 0.900. The lowest BCUT2D eigenvalue weighted by Crippen LogP contribution is -2.34. The summed E-state index contributed by atoms with van der Waals surface area (Å²) >= 11 is 7.52. The Morgan fingerprint density at radius 3 is 2.88 bits per heavy atom. The van der Waals surface area contributed by atoms with E-state index in [9.17, 15) is 4.79 Å². The SMILES string of the molecule is CC(CO)NC(=O)c1sc2ccccc2c1Cl. The first-order chi connectivity index (χ1) is 8.13. The molecule has 0 aliphatic heterocycles. The van der Waals surface area contributed by atoms with E-state index in [1.165, 1.54) is 11.3 Å². The monoisotopic (exact) mass is 269 g/mol. The van der Waals surface area contributed by atoms with Crippen molar-refractivity contribution in [2.75, 3.05) is 6.61 Å². The van der Waals surface area contributed by atoms with Crippen LogP contribution in [0.1, 0.15) is 16.6 Å². The number of aliphatic hydroxyl groups is 1. The van der Waals surface area contributed by atoms with Crippen LogP contribution in [-0.4, -0.2) is 23.7 Å². The lowest BCUT2D eigenvalue weighted by atomic mass is 10.2. The minimum absolute atomic E-state index is 0.0890. The van der Waals surface area contributed by atoms with Gasteiger partial charge in [-0.25, -0.2) is 0 Å². The predicted octanol–water partition coefficient (Wildman–Crippen LogP) is 2.67. The van der Waals surface area contributed by atoms with Gasteiger partial charge in [-0.2, -0.15) is 0 Å². The number of fused-ring (bicyclic) bond motifs is 1. The van der Waals surface area contributed by atoms with E-state index in [1.54, 1.807) is 6.92 Å². The van der Waals surface area contributed by atoms with E-state index in [0.717, 1.165) is 10.1 Å². The van der Waals surface area contributed by atoms with Crippen LogP contribution >= 0.6 is 22.9 Å². The third-order valence-electron chi connectivity index (χ3n) is 2.39. The molecule has 0 saturated carbocycles. The van der Waals surface area contributed by atoms with Gasteiger partial charge < -0.3 is 10.4 Å². The molecule has 1 unspecified atom stereocenters. The van der Waals surface area contributed by atoms with Crippen LogP contribution in [0.15, 0.2) is 24.3 Å². The average Bonchev–Trinajstić information content (AvgIpc) is 2.67. The van der Waals surface area contributed by atoms with Gasteiger partial charge >= 0.3 is 0 Å². The number of thiophene rings is 1. The molecule has 17 heavy (non-hydrogen) atoms. The van der Waals surface area contributed by atoms with Crippen LogP contribution in [0.5, 0.6) is 0 Å². The van der Waals surface area contributed by atoms with Crippen LogP contribution in [0.3, 0.4) is 0 Å². The largest absolute Gasteiger partial charge is 0.394 e. The summed E-state index contributed by atoms with van der Waals surface area (Å²) in [7, 11) is 0. The first kappa shape index (κ1) is 12.4. The van der Waals surface area contributed by atoms with Crippen molar-refractivity contribution >= 4 is 38.9 Å². The Hall–Kier alpha value is -1.10. The second kappa shape index (κ2) is 5.04. The molecule has 0 radical (unpaired) electrons. The number of nitrogens with one attached hydrogen (secondary N) is 1. The molecule has 5 heteroatoms. The number of amides is 1. The maximum Gasteiger partial charge on any atom is 0.263 e. The second-order valence-corrected chi connectivity index (χ2v) is 5.23. The number of hydrogen-bond donors (Lipinski definition) is 2. The molecule has 1 atom stereocenters. The summed E-state index contributed by atoms with van der Waals surface area (Å²) in [4.78, 5) is 12.4. The van der Waals surface area contributed by atoms with E-state index in [-0.39, 0.29) is 18.6 Å². The molecule has 2 N–H and O–H groups in total. The fourth-order valence-corrected chi connectivity index (χ4v) is 2.92. The molecule has 2 rings (SSSR count). The second-order valence-electron chi connectivity index (χ2n) is 3.80. The number of carbonyl (C=O) groups is 1. The van der Waals surface area contributed by atoms with Crippen LogP contribution < -0.4 is 5.32 Å². The molecule has 0 bridgehead atoms. The summed E-state index contributed by atoms with van der Waals surface area (Å²) in [5, 5.41) is 12.9. The third-order valence-corrected chi connectivity index (χ3v) is 4.07. The summed E-state index contributed by atoms with van der Waals surface area (Å²) in [6.45, 7) is 1.65. The maximum atomic E-state index is 11.9. The number of rotatable bonds is 3. The first-order valence-electron chi connectivity index (χ1n) is 5.22. The van der Waals surface area contributed by atoms with Gasteiger partial charge in [-0.05, 0) is 13.0 Å². The van der Waals surface area contributed by atoms with Gasteiger partial charge in [0.1, 0.15) is 4.88 Å². The van der Waals surface area contributed by atoms with E-state index < -0.39 is 0 Å². The van der Waals surface area contributed by atoms with Crippen molar-refractivity contribution in [1.29, 1.82) is 0 Å². The number of carbonyl (C=O) groups excluding carboxylic acids is 1. The lowest BCUT2D eigenvalue weighted by Gasteiger charge is -2.09. The topological polar surface area (TPSA) is 49.3 Å². The third kappa shape index (κ3) is 2.44. The Labute approximate surface area is 108 Å². The van der Waals surface area contributed by atoms with Crippen LogP contribution in [-0.2, 0) is 0 Å². The molecular formula is C12H12ClNO2S. The molecule has 0 fully saturated rings. The zero-order valence-corrected chi connectivity index (χ0v) is 10.8. The average molecular weight is 270 g/mol. The standard InChI is InChI=1S/C12H12ClNO2S/c1-7(6-15)14-12(16)11-10(13)8-4-2-3-5-9(8)17-11/h2-5,7,15H,6H2,1H3,(H,14,16). The maximum absolute atomic E-state index is 11.9. The first-order valence-corrected chi connectivity index (χ1v) is 6.41. The molecule has 3 nitrogen and oxygen atoms in total. The van der Waals surface area contributed by atoms with Gasteiger partial charge in [0, 0.05) is 16.1 Å². The van der Waals surface area contributed by atoms with Gasteiger partial charge in [-0.1, -0.05) is 29.8 Å². The minimum atomic E-state index is -0.274. The van der Waals surface area contributed by atoms with Gasteiger partial charge in [0.05, 0.1) is 11.6 Å². The molecule has 90 valence electrons. The molecule has 1 aromatic heterocycles. The number of hydrogen-bond acceptors (Lipinski definition) is 3. The van der Waals surface area contributed by atoms with E-state index in [0.29, 0.717) is 9.90 Å². The Kier molecular flexibility index (Phi) is 3.66. The van der Waals surface area contributed by atoms with E-state index in [2.05, 4.69) is 5.32 Å². The Balaban J connectivity index is 2.35. The highest BCUT2D eigenvalue weighted by molar-refractivity contribution is 7.21. The Morgan fingerprint density at radius 1 is 1.53 bits per heavy atom. The van der Waals surface area contributed by atoms with Gasteiger partial charge in [-0.3, -0.25) is 4.79 Å². The predicted molar refractivity (Wildman–Crippen MR) is 70.8 cm³/mol. The van der Waals surface area contributed by atoms with Crippen molar-refractivity contribution in [3.8, 4) is 0 Å². The normalized spacial score (nSPS) is 12.6. The number of benzene rings is 1. The molecule has 1 amide bonds. The Bertz CT molecular complexity index is 552. The van der Waals surface area contributed by atoms with Crippen LogP contribution in [0.2, 0.25) is 5.02 Å². The fourth-order valence-electron chi connectivity index (χ4n) is 1.50. The van der Waals surface area contributed by atoms with Crippen molar-refractivity contribution in [2.24, 2.45) is 0 Å². The summed E-state index contributed by atoms with van der Waals surface area (Å²) < 4.78 is 0.985. The summed E-state index contributed by atoms with van der Waals surface area (Å²) in [5.41, 5.74) is 0. The molecular weight excluding hydrogens is 258 g/mol. The fraction of sp³-hybridized carbons (Fsp3) is 0.250. The highest BCUT2D eigenvalue weighted by Gasteiger charge is 2.17. The van der Waals surface area contributed by atoms with Gasteiger partial charge in [-0.15, -0.1) is 11.3 Å². The smallest absolute Gasteiger partial charge is 0.263 e. The van der Waals surface area contributed by atoms with Crippen LogP contribution in [0, 0.1) is 0 Å². The summed E-state index contributed by atoms with van der Waals surface area (Å²) in [6, 6.07) is 7.34. The summed E-state index contributed by atoms with van der Waals surface area (Å²) in [6.07, 6.45) is 0. The molecule has 0 aliphatic carbocycles. The van der Waals surface area contributed by atoms with E-state index in [1.807, 2.05) is 24.3 Å². The molecule has 0 aliphatic rings. The summed E-state index contributed by atoms with van der Waals surface area (Å²) in [5.74, 6) is -0.238. The van der Waals surface area contributed by atoms with Gasteiger partial charge in [0.25, 0.3) is 5.91 Å². The van der Waals surface area contributed by atoms with Crippen molar-refractivity contribution in [2.45, 2.75) is 13.0 Å². The number of aliphatic hydroxyl groups excluding tert-OH is 1. The molecule has 0 saturated heterocycles. The minimum Gasteiger partial charge on any atom is -0.394 e. The van der Waals surface area contributed by atoms with Crippen molar-refractivity contribution < 1.29 is 9.90 Å². The van der Waals surface area contributed by atoms with Gasteiger partial charge in [0.2, 0.25) is 0 Å². The van der Waals surface area contributed by atoms with Crippen LogP contribution in [0.25, 0.3) is 10.1 Å².